The first-order valence-corrected chi connectivity index (χ1v) is 4.68. The maximum Gasteiger partial charge on any atom is 0.357 e. The summed E-state index contributed by atoms with van der Waals surface area (Å²) in [6, 6.07) is 7.75. The van der Waals surface area contributed by atoms with E-state index in [4.69, 9.17) is 9.52 Å². The molecule has 2 rings (SSSR count). The number of carbonyl (C=O) groups is 1. The van der Waals surface area contributed by atoms with Crippen LogP contribution in [0.2, 0.25) is 0 Å². The topological polar surface area (TPSA) is 75.4 Å². The number of oxazole rings is 1. The first-order chi connectivity index (χ1) is 7.66. The van der Waals surface area contributed by atoms with Gasteiger partial charge in [0.05, 0.1) is 0 Å². The second-order valence-electron chi connectivity index (χ2n) is 3.28. The quantitative estimate of drug-likeness (QED) is 0.827. The zero-order valence-corrected chi connectivity index (χ0v) is 8.60. The van der Waals surface area contributed by atoms with Crippen molar-refractivity contribution in [2.75, 3.05) is 5.32 Å². The van der Waals surface area contributed by atoms with Gasteiger partial charge >= 0.3 is 5.97 Å². The predicted molar refractivity (Wildman–Crippen MR) is 57.9 cm³/mol. The summed E-state index contributed by atoms with van der Waals surface area (Å²) < 4.78 is 4.98. The van der Waals surface area contributed by atoms with Gasteiger partial charge in [0, 0.05) is 5.69 Å². The molecule has 1 heterocycles. The van der Waals surface area contributed by atoms with Crippen molar-refractivity contribution in [3.8, 4) is 0 Å². The van der Waals surface area contributed by atoms with Crippen molar-refractivity contribution in [3.05, 3.63) is 41.8 Å². The molecule has 0 atom stereocenters. The van der Waals surface area contributed by atoms with E-state index in [1.54, 1.807) is 0 Å². The van der Waals surface area contributed by atoms with Crippen LogP contribution in [0, 0.1) is 6.92 Å². The Labute approximate surface area is 91.7 Å². The molecule has 2 N–H and O–H groups in total. The third kappa shape index (κ3) is 2.03. The Morgan fingerprint density at radius 2 is 2.19 bits per heavy atom. The van der Waals surface area contributed by atoms with Crippen LogP contribution in [0.3, 0.4) is 0 Å². The van der Waals surface area contributed by atoms with Gasteiger partial charge in [-0.2, -0.15) is 4.98 Å². The average molecular weight is 218 g/mol. The molecular weight excluding hydrogens is 208 g/mol. The van der Waals surface area contributed by atoms with E-state index in [1.165, 1.54) is 0 Å². The fraction of sp³-hybridized carbons (Fsp3) is 0.0909. The van der Waals surface area contributed by atoms with Crippen molar-refractivity contribution < 1.29 is 14.3 Å². The minimum atomic E-state index is -1.11. The highest BCUT2D eigenvalue weighted by Gasteiger charge is 2.10. The number of benzene rings is 1. The normalized spacial score (nSPS) is 10.1. The summed E-state index contributed by atoms with van der Waals surface area (Å²) in [5.74, 6) is -1.11. The zero-order valence-electron chi connectivity index (χ0n) is 8.60. The van der Waals surface area contributed by atoms with E-state index in [-0.39, 0.29) is 11.7 Å². The Balaban J connectivity index is 2.21. The number of nitrogens with one attached hydrogen (secondary N) is 1. The monoisotopic (exact) mass is 218 g/mol. The van der Waals surface area contributed by atoms with E-state index in [2.05, 4.69) is 10.3 Å². The van der Waals surface area contributed by atoms with Crippen LogP contribution < -0.4 is 5.32 Å². The van der Waals surface area contributed by atoms with E-state index in [1.807, 2.05) is 31.2 Å². The molecule has 2 aromatic rings. The first kappa shape index (κ1) is 10.2. The maximum atomic E-state index is 10.6. The number of hydrogen-bond donors (Lipinski definition) is 2. The summed E-state index contributed by atoms with van der Waals surface area (Å²) in [6.45, 7) is 1.93. The molecule has 0 saturated heterocycles. The lowest BCUT2D eigenvalue weighted by atomic mass is 10.2. The molecular formula is C11H10N2O3. The smallest absolute Gasteiger partial charge is 0.357 e. The van der Waals surface area contributed by atoms with Crippen molar-refractivity contribution in [1.29, 1.82) is 0 Å². The van der Waals surface area contributed by atoms with Crippen molar-refractivity contribution in [2.24, 2.45) is 0 Å². The largest absolute Gasteiger partial charge is 0.476 e. The van der Waals surface area contributed by atoms with E-state index < -0.39 is 5.97 Å². The number of carboxylic acid groups (broad SMARTS) is 1. The van der Waals surface area contributed by atoms with Gasteiger partial charge in [0.25, 0.3) is 6.01 Å². The SMILES string of the molecule is Cc1ccccc1Nc1nc(C(=O)O)co1. The Morgan fingerprint density at radius 3 is 2.81 bits per heavy atom. The lowest BCUT2D eigenvalue weighted by Gasteiger charge is -2.04. The molecule has 1 aromatic carbocycles. The fourth-order valence-corrected chi connectivity index (χ4v) is 1.26. The number of aromatic carboxylic acids is 1. The minimum absolute atomic E-state index is 0.115. The second-order valence-corrected chi connectivity index (χ2v) is 3.28. The molecule has 0 amide bonds. The molecule has 0 aliphatic carbocycles. The highest BCUT2D eigenvalue weighted by atomic mass is 16.4. The van der Waals surface area contributed by atoms with Crippen molar-refractivity contribution in [1.82, 2.24) is 4.98 Å². The van der Waals surface area contributed by atoms with Gasteiger partial charge < -0.3 is 14.8 Å². The van der Waals surface area contributed by atoms with Crippen LogP contribution in [0.4, 0.5) is 11.7 Å². The molecule has 0 aliphatic rings. The van der Waals surface area contributed by atoms with Crippen LogP contribution in [-0.4, -0.2) is 16.1 Å². The summed E-state index contributed by atoms with van der Waals surface area (Å²) in [5, 5.41) is 11.6. The molecule has 0 fully saturated rings. The fourth-order valence-electron chi connectivity index (χ4n) is 1.26. The summed E-state index contributed by atoms with van der Waals surface area (Å²) in [6.07, 6.45) is 1.10. The van der Waals surface area contributed by atoms with Gasteiger partial charge in [0.1, 0.15) is 6.26 Å². The number of anilines is 2. The third-order valence-electron chi connectivity index (χ3n) is 2.11. The van der Waals surface area contributed by atoms with Gasteiger partial charge in [0.15, 0.2) is 5.69 Å². The summed E-state index contributed by atoms with van der Waals surface area (Å²) in [4.78, 5) is 14.4. The highest BCUT2D eigenvalue weighted by Crippen LogP contribution is 2.19. The van der Waals surface area contributed by atoms with Crippen LogP contribution in [0.15, 0.2) is 34.9 Å². The molecule has 16 heavy (non-hydrogen) atoms. The van der Waals surface area contributed by atoms with Crippen molar-refractivity contribution in [2.45, 2.75) is 6.92 Å². The molecule has 0 unspecified atom stereocenters. The van der Waals surface area contributed by atoms with Crippen molar-refractivity contribution in [3.63, 3.8) is 0 Å². The average Bonchev–Trinajstić information content (AvgIpc) is 2.70. The molecule has 1 aromatic heterocycles. The number of hydrogen-bond acceptors (Lipinski definition) is 4. The molecule has 5 nitrogen and oxygen atoms in total. The first-order valence-electron chi connectivity index (χ1n) is 4.68. The third-order valence-corrected chi connectivity index (χ3v) is 2.11. The summed E-state index contributed by atoms with van der Waals surface area (Å²) in [5.41, 5.74) is 1.75. The maximum absolute atomic E-state index is 10.6. The standard InChI is InChI=1S/C11H10N2O3/c1-7-4-2-3-5-8(7)12-11-13-9(6-16-11)10(14)15/h2-6H,1H3,(H,12,13)(H,14,15). The Bertz CT molecular complexity index is 519. The number of aromatic nitrogens is 1. The number of para-hydroxylation sites is 1. The van der Waals surface area contributed by atoms with Crippen molar-refractivity contribution >= 4 is 17.7 Å². The van der Waals surface area contributed by atoms with E-state index in [9.17, 15) is 4.79 Å². The number of aryl methyl sites for hydroxylation is 1. The zero-order chi connectivity index (χ0) is 11.5. The van der Waals surface area contributed by atoms with Gasteiger partial charge in [-0.05, 0) is 18.6 Å². The van der Waals surface area contributed by atoms with Gasteiger partial charge in [-0.15, -0.1) is 0 Å². The molecule has 5 heteroatoms. The van der Waals surface area contributed by atoms with Crippen LogP contribution in [-0.2, 0) is 0 Å². The van der Waals surface area contributed by atoms with E-state index in [0.29, 0.717) is 0 Å². The van der Waals surface area contributed by atoms with Crippen LogP contribution in [0.5, 0.6) is 0 Å². The number of rotatable bonds is 3. The van der Waals surface area contributed by atoms with E-state index in [0.717, 1.165) is 17.5 Å². The Kier molecular flexibility index (Phi) is 2.59. The molecule has 0 spiro atoms. The predicted octanol–water partition coefficient (Wildman–Crippen LogP) is 2.42. The number of nitrogens with zero attached hydrogens (tertiary/aromatic N) is 1. The van der Waals surface area contributed by atoms with E-state index >= 15 is 0 Å². The molecule has 0 aliphatic heterocycles. The van der Waals surface area contributed by atoms with Crippen LogP contribution in [0.1, 0.15) is 16.1 Å². The Morgan fingerprint density at radius 1 is 1.44 bits per heavy atom. The van der Waals surface area contributed by atoms with Crippen LogP contribution >= 0.6 is 0 Å². The van der Waals surface area contributed by atoms with Gasteiger partial charge in [-0.1, -0.05) is 18.2 Å². The van der Waals surface area contributed by atoms with Gasteiger partial charge in [0.2, 0.25) is 0 Å². The lowest BCUT2D eigenvalue weighted by Crippen LogP contribution is -1.97. The minimum Gasteiger partial charge on any atom is -0.476 e. The second kappa shape index (κ2) is 4.06. The van der Waals surface area contributed by atoms with Crippen LogP contribution in [0.25, 0.3) is 0 Å². The summed E-state index contributed by atoms with van der Waals surface area (Å²) in [7, 11) is 0. The molecule has 0 saturated carbocycles. The highest BCUT2D eigenvalue weighted by molar-refractivity contribution is 5.85. The van der Waals surface area contributed by atoms with Gasteiger partial charge in [-0.25, -0.2) is 4.79 Å². The van der Waals surface area contributed by atoms with Gasteiger partial charge in [-0.3, -0.25) is 0 Å². The molecule has 82 valence electrons. The molecule has 0 radical (unpaired) electrons. The number of carboxylic acids is 1. The molecule has 0 bridgehead atoms. The lowest BCUT2D eigenvalue weighted by molar-refractivity contribution is 0.0690. The Hall–Kier alpha value is -2.30. The summed E-state index contributed by atoms with van der Waals surface area (Å²) >= 11 is 0.